The van der Waals surface area contributed by atoms with Crippen LogP contribution in [0.25, 0.3) is 0 Å². The molecule has 0 spiro atoms. The van der Waals surface area contributed by atoms with Gasteiger partial charge in [-0.05, 0) is 24.3 Å². The summed E-state index contributed by atoms with van der Waals surface area (Å²) in [5.74, 6) is 0.319. The van der Waals surface area contributed by atoms with Crippen LogP contribution in [0.4, 0.5) is 11.6 Å². The minimum atomic E-state index is -3.85. The number of allylic oxidation sites excluding steroid dienone is 1. The SMILES string of the molecule is COc1cnc(NS(=O)(=O)c2ccc(NC=C(C#N)C#N)cc2)nc1. The number of nitrogens with zero attached hydrogens (tertiary/aromatic N) is 4. The molecule has 0 unspecified atom stereocenters. The van der Waals surface area contributed by atoms with Gasteiger partial charge in [-0.3, -0.25) is 0 Å². The molecular formula is C15H12N6O3S. The lowest BCUT2D eigenvalue weighted by Crippen LogP contribution is -2.15. The molecule has 1 heterocycles. The number of sulfonamides is 1. The summed E-state index contributed by atoms with van der Waals surface area (Å²) in [7, 11) is -2.41. The van der Waals surface area contributed by atoms with Gasteiger partial charge in [0.05, 0.1) is 24.4 Å². The molecule has 0 fully saturated rings. The van der Waals surface area contributed by atoms with Crippen molar-refractivity contribution in [3.05, 3.63) is 48.4 Å². The lowest BCUT2D eigenvalue weighted by atomic mass is 10.3. The third-order valence-corrected chi connectivity index (χ3v) is 4.22. The summed E-state index contributed by atoms with van der Waals surface area (Å²) < 4.78 is 31.7. The number of ether oxygens (including phenoxy) is 1. The first-order chi connectivity index (χ1) is 12.0. The van der Waals surface area contributed by atoms with E-state index < -0.39 is 10.0 Å². The predicted octanol–water partition coefficient (Wildman–Crippen LogP) is 1.63. The van der Waals surface area contributed by atoms with E-state index in [1.54, 1.807) is 12.1 Å². The summed E-state index contributed by atoms with van der Waals surface area (Å²) in [6.07, 6.45) is 3.91. The molecule has 0 aliphatic heterocycles. The van der Waals surface area contributed by atoms with Crippen molar-refractivity contribution in [3.8, 4) is 17.9 Å². The van der Waals surface area contributed by atoms with E-state index in [-0.39, 0.29) is 16.4 Å². The van der Waals surface area contributed by atoms with Crippen molar-refractivity contribution in [2.24, 2.45) is 0 Å². The molecule has 0 aliphatic carbocycles. The third-order valence-electron chi connectivity index (χ3n) is 2.88. The first-order valence-corrected chi connectivity index (χ1v) is 8.22. The van der Waals surface area contributed by atoms with Gasteiger partial charge in [0.1, 0.15) is 17.7 Å². The van der Waals surface area contributed by atoms with Crippen molar-refractivity contribution in [1.29, 1.82) is 10.5 Å². The number of nitriles is 2. The molecule has 2 rings (SSSR count). The first-order valence-electron chi connectivity index (χ1n) is 6.74. The molecule has 1 aromatic carbocycles. The predicted molar refractivity (Wildman–Crippen MR) is 88.8 cm³/mol. The van der Waals surface area contributed by atoms with E-state index in [4.69, 9.17) is 15.3 Å². The molecule has 126 valence electrons. The second-order valence-electron chi connectivity index (χ2n) is 4.50. The second-order valence-corrected chi connectivity index (χ2v) is 6.18. The zero-order valence-electron chi connectivity index (χ0n) is 13.0. The molecule has 2 N–H and O–H groups in total. The Bertz CT molecular complexity index is 938. The van der Waals surface area contributed by atoms with E-state index in [9.17, 15) is 8.42 Å². The average molecular weight is 356 g/mol. The van der Waals surface area contributed by atoms with Gasteiger partial charge in [-0.2, -0.15) is 10.5 Å². The van der Waals surface area contributed by atoms with Crippen LogP contribution in [0.15, 0.2) is 53.3 Å². The van der Waals surface area contributed by atoms with Crippen LogP contribution in [0.2, 0.25) is 0 Å². The third kappa shape index (κ3) is 4.67. The fourth-order valence-electron chi connectivity index (χ4n) is 1.63. The van der Waals surface area contributed by atoms with Crippen molar-refractivity contribution in [1.82, 2.24) is 9.97 Å². The van der Waals surface area contributed by atoms with Crippen LogP contribution in [0, 0.1) is 22.7 Å². The number of anilines is 2. The fourth-order valence-corrected chi connectivity index (χ4v) is 2.59. The zero-order valence-corrected chi connectivity index (χ0v) is 13.8. The van der Waals surface area contributed by atoms with Gasteiger partial charge in [0.15, 0.2) is 5.75 Å². The molecule has 0 bridgehead atoms. The summed E-state index contributed by atoms with van der Waals surface area (Å²) in [6, 6.07) is 9.11. The van der Waals surface area contributed by atoms with Crippen LogP contribution >= 0.6 is 0 Å². The van der Waals surface area contributed by atoms with Gasteiger partial charge in [0, 0.05) is 11.9 Å². The Morgan fingerprint density at radius 1 is 1.16 bits per heavy atom. The number of hydrogen-bond donors (Lipinski definition) is 2. The van der Waals surface area contributed by atoms with Crippen LogP contribution < -0.4 is 14.8 Å². The Labute approximate surface area is 144 Å². The summed E-state index contributed by atoms with van der Waals surface area (Å²) in [6.45, 7) is 0. The van der Waals surface area contributed by atoms with E-state index in [1.165, 1.54) is 50.0 Å². The Balaban J connectivity index is 2.13. The highest BCUT2D eigenvalue weighted by atomic mass is 32.2. The molecule has 1 aromatic heterocycles. The summed E-state index contributed by atoms with van der Waals surface area (Å²) in [4.78, 5) is 7.68. The van der Waals surface area contributed by atoms with Gasteiger partial charge < -0.3 is 10.1 Å². The highest BCUT2D eigenvalue weighted by molar-refractivity contribution is 7.92. The lowest BCUT2D eigenvalue weighted by Gasteiger charge is -2.08. The average Bonchev–Trinajstić information content (AvgIpc) is 2.63. The van der Waals surface area contributed by atoms with Crippen LogP contribution in [0.1, 0.15) is 0 Å². The Hall–Kier alpha value is -3.63. The number of nitrogens with one attached hydrogen (secondary N) is 2. The standard InChI is InChI=1S/C15H12N6O3S/c1-24-13-9-19-15(20-10-13)21-25(22,23)14-4-2-12(3-5-14)18-8-11(6-16)7-17/h2-5,8-10,18H,1H3,(H,19,20,21). The van der Waals surface area contributed by atoms with Crippen LogP contribution in [-0.2, 0) is 10.0 Å². The van der Waals surface area contributed by atoms with Gasteiger partial charge in [-0.15, -0.1) is 0 Å². The molecule has 0 saturated heterocycles. The fraction of sp³-hybridized carbons (Fsp3) is 0.0667. The number of benzene rings is 1. The van der Waals surface area contributed by atoms with Crippen LogP contribution in [0.3, 0.4) is 0 Å². The molecular weight excluding hydrogens is 344 g/mol. The Morgan fingerprint density at radius 2 is 1.76 bits per heavy atom. The van der Waals surface area contributed by atoms with Crippen molar-refractivity contribution in [2.45, 2.75) is 4.90 Å². The molecule has 0 atom stereocenters. The number of aromatic nitrogens is 2. The highest BCUT2D eigenvalue weighted by Gasteiger charge is 2.15. The van der Waals surface area contributed by atoms with Gasteiger partial charge in [-0.25, -0.2) is 23.1 Å². The lowest BCUT2D eigenvalue weighted by molar-refractivity contribution is 0.411. The summed E-state index contributed by atoms with van der Waals surface area (Å²) in [5, 5.41) is 20.0. The Kier molecular flexibility index (Phi) is 5.50. The van der Waals surface area contributed by atoms with Gasteiger partial charge in [0.25, 0.3) is 10.0 Å². The quantitative estimate of drug-likeness (QED) is 0.744. The maximum Gasteiger partial charge on any atom is 0.264 e. The number of hydrogen-bond acceptors (Lipinski definition) is 8. The molecule has 10 heteroatoms. The molecule has 0 radical (unpaired) electrons. The van der Waals surface area contributed by atoms with Gasteiger partial charge >= 0.3 is 0 Å². The molecule has 0 amide bonds. The van der Waals surface area contributed by atoms with Crippen molar-refractivity contribution >= 4 is 21.7 Å². The number of methoxy groups -OCH3 is 1. The minimum absolute atomic E-state index is 0.00207. The maximum atomic E-state index is 12.3. The smallest absolute Gasteiger partial charge is 0.264 e. The Morgan fingerprint density at radius 3 is 2.28 bits per heavy atom. The van der Waals surface area contributed by atoms with E-state index in [0.29, 0.717) is 11.4 Å². The van der Waals surface area contributed by atoms with E-state index in [2.05, 4.69) is 20.0 Å². The largest absolute Gasteiger partial charge is 0.494 e. The van der Waals surface area contributed by atoms with Crippen LogP contribution in [-0.4, -0.2) is 25.5 Å². The topological polar surface area (TPSA) is 141 Å². The van der Waals surface area contributed by atoms with E-state index >= 15 is 0 Å². The van der Waals surface area contributed by atoms with Crippen molar-refractivity contribution in [2.75, 3.05) is 17.1 Å². The molecule has 9 nitrogen and oxygen atoms in total. The van der Waals surface area contributed by atoms with Crippen LogP contribution in [0.5, 0.6) is 5.75 Å². The molecule has 25 heavy (non-hydrogen) atoms. The van der Waals surface area contributed by atoms with Crippen molar-refractivity contribution in [3.63, 3.8) is 0 Å². The highest BCUT2D eigenvalue weighted by Crippen LogP contribution is 2.17. The maximum absolute atomic E-state index is 12.3. The summed E-state index contributed by atoms with van der Waals surface area (Å²) in [5.41, 5.74) is 0.415. The van der Waals surface area contributed by atoms with E-state index in [0.717, 1.165) is 0 Å². The van der Waals surface area contributed by atoms with Gasteiger partial charge in [0.2, 0.25) is 5.95 Å². The normalized spacial score (nSPS) is 10.0. The summed E-state index contributed by atoms with van der Waals surface area (Å²) >= 11 is 0. The number of rotatable bonds is 6. The first kappa shape index (κ1) is 17.7. The monoisotopic (exact) mass is 356 g/mol. The van der Waals surface area contributed by atoms with E-state index in [1.807, 2.05) is 0 Å². The molecule has 0 saturated carbocycles. The molecule has 2 aromatic rings. The van der Waals surface area contributed by atoms with Gasteiger partial charge in [-0.1, -0.05) is 0 Å². The second kappa shape index (κ2) is 7.77. The van der Waals surface area contributed by atoms with Crippen molar-refractivity contribution < 1.29 is 13.2 Å². The molecule has 0 aliphatic rings. The zero-order chi connectivity index (χ0) is 18.3. The minimum Gasteiger partial charge on any atom is -0.494 e.